The second kappa shape index (κ2) is 11.3. The van der Waals surface area contributed by atoms with E-state index in [0.29, 0.717) is 39.6 Å². The third-order valence-corrected chi connectivity index (χ3v) is 1.94. The number of nitrogens with two attached hydrogens (primary N) is 1. The van der Waals surface area contributed by atoms with Gasteiger partial charge in [-0.05, 0) is 0 Å². The van der Waals surface area contributed by atoms with Crippen LogP contribution in [0.3, 0.4) is 0 Å². The lowest BCUT2D eigenvalue weighted by molar-refractivity contribution is 0.0366. The van der Waals surface area contributed by atoms with Crippen LogP contribution in [0.2, 0.25) is 0 Å². The van der Waals surface area contributed by atoms with E-state index in [1.165, 1.54) is 7.11 Å². The zero-order chi connectivity index (χ0) is 10.6. The standard InChI is InChI=1S/C7H18NO5P/c1-10-14(9)13-7-6-12-5-4-11-3-2-8/h9H,2-8H2,1H3. The lowest BCUT2D eigenvalue weighted by Gasteiger charge is -2.08. The van der Waals surface area contributed by atoms with Crippen LogP contribution in [-0.2, 0) is 18.5 Å². The summed E-state index contributed by atoms with van der Waals surface area (Å²) in [7, 11) is -0.354. The monoisotopic (exact) mass is 227 g/mol. The highest BCUT2D eigenvalue weighted by Crippen LogP contribution is 2.30. The summed E-state index contributed by atoms with van der Waals surface area (Å²) in [6.07, 6.45) is 0. The van der Waals surface area contributed by atoms with E-state index in [-0.39, 0.29) is 0 Å². The van der Waals surface area contributed by atoms with E-state index in [1.807, 2.05) is 0 Å². The van der Waals surface area contributed by atoms with E-state index >= 15 is 0 Å². The molecular weight excluding hydrogens is 209 g/mol. The molecule has 0 spiro atoms. The molecule has 86 valence electrons. The van der Waals surface area contributed by atoms with Crippen LogP contribution in [-0.4, -0.2) is 51.6 Å². The van der Waals surface area contributed by atoms with Gasteiger partial charge in [0.25, 0.3) is 0 Å². The number of ether oxygens (including phenoxy) is 2. The molecule has 0 radical (unpaired) electrons. The average Bonchev–Trinajstić information content (AvgIpc) is 2.21. The van der Waals surface area contributed by atoms with Crippen molar-refractivity contribution in [3.8, 4) is 0 Å². The fourth-order valence-electron chi connectivity index (χ4n) is 0.632. The van der Waals surface area contributed by atoms with E-state index in [9.17, 15) is 0 Å². The van der Waals surface area contributed by atoms with Gasteiger partial charge in [-0.1, -0.05) is 0 Å². The van der Waals surface area contributed by atoms with Crippen molar-refractivity contribution in [3.63, 3.8) is 0 Å². The summed E-state index contributed by atoms with van der Waals surface area (Å²) in [6, 6.07) is 0. The average molecular weight is 227 g/mol. The molecule has 0 aliphatic carbocycles. The molecule has 0 aromatic carbocycles. The van der Waals surface area contributed by atoms with Crippen LogP contribution in [0.5, 0.6) is 0 Å². The summed E-state index contributed by atoms with van der Waals surface area (Å²) >= 11 is 0. The molecular formula is C7H18NO5P. The van der Waals surface area contributed by atoms with E-state index in [0.717, 1.165) is 0 Å². The van der Waals surface area contributed by atoms with Gasteiger partial charge in [0.05, 0.1) is 33.0 Å². The summed E-state index contributed by atoms with van der Waals surface area (Å²) in [5.74, 6) is 0. The smallest absolute Gasteiger partial charge is 0.329 e. The Labute approximate surface area is 85.3 Å². The molecule has 0 aliphatic heterocycles. The molecule has 0 bridgehead atoms. The maximum atomic E-state index is 8.86. The largest absolute Gasteiger partial charge is 0.378 e. The first-order valence-corrected chi connectivity index (χ1v) is 5.46. The zero-order valence-electron chi connectivity index (χ0n) is 8.35. The summed E-state index contributed by atoms with van der Waals surface area (Å²) in [5, 5.41) is 0. The summed E-state index contributed by atoms with van der Waals surface area (Å²) in [5.41, 5.74) is 5.21. The van der Waals surface area contributed by atoms with Gasteiger partial charge in [0.15, 0.2) is 0 Å². The lowest BCUT2D eigenvalue weighted by atomic mass is 10.7. The van der Waals surface area contributed by atoms with Crippen molar-refractivity contribution in [2.45, 2.75) is 0 Å². The number of hydrogen-bond donors (Lipinski definition) is 2. The van der Waals surface area contributed by atoms with E-state index in [1.54, 1.807) is 0 Å². The summed E-state index contributed by atoms with van der Waals surface area (Å²) in [4.78, 5) is 8.86. The lowest BCUT2D eigenvalue weighted by Crippen LogP contribution is -2.13. The molecule has 0 aliphatic rings. The Morgan fingerprint density at radius 2 is 1.64 bits per heavy atom. The van der Waals surface area contributed by atoms with Gasteiger partial charge < -0.3 is 29.1 Å². The van der Waals surface area contributed by atoms with Crippen LogP contribution in [0, 0.1) is 0 Å². The highest BCUT2D eigenvalue weighted by molar-refractivity contribution is 7.40. The van der Waals surface area contributed by atoms with Crippen molar-refractivity contribution in [1.29, 1.82) is 0 Å². The minimum atomic E-state index is -1.74. The van der Waals surface area contributed by atoms with Crippen LogP contribution in [0.4, 0.5) is 0 Å². The van der Waals surface area contributed by atoms with Gasteiger partial charge in [-0.15, -0.1) is 0 Å². The third-order valence-electron chi connectivity index (χ3n) is 1.22. The van der Waals surface area contributed by atoms with Crippen molar-refractivity contribution in [2.75, 3.05) is 46.7 Å². The van der Waals surface area contributed by atoms with Crippen molar-refractivity contribution in [2.24, 2.45) is 5.73 Å². The summed E-state index contributed by atoms with van der Waals surface area (Å²) in [6.45, 7) is 2.81. The van der Waals surface area contributed by atoms with E-state index in [2.05, 4.69) is 4.52 Å². The molecule has 0 heterocycles. The predicted molar refractivity (Wildman–Crippen MR) is 52.8 cm³/mol. The van der Waals surface area contributed by atoms with E-state index in [4.69, 9.17) is 24.6 Å². The van der Waals surface area contributed by atoms with Crippen LogP contribution < -0.4 is 5.73 Å². The molecule has 0 saturated carbocycles. The Kier molecular flexibility index (Phi) is 11.4. The fourth-order valence-corrected chi connectivity index (χ4v) is 0.968. The van der Waals surface area contributed by atoms with Gasteiger partial charge in [0, 0.05) is 13.7 Å². The first-order chi connectivity index (χ1) is 6.81. The molecule has 7 heteroatoms. The molecule has 0 amide bonds. The molecule has 6 nitrogen and oxygen atoms in total. The van der Waals surface area contributed by atoms with E-state index < -0.39 is 8.60 Å². The Morgan fingerprint density at radius 3 is 2.21 bits per heavy atom. The van der Waals surface area contributed by atoms with Crippen LogP contribution in [0.1, 0.15) is 0 Å². The van der Waals surface area contributed by atoms with Gasteiger partial charge in [-0.2, -0.15) is 0 Å². The Morgan fingerprint density at radius 1 is 1.07 bits per heavy atom. The summed E-state index contributed by atoms with van der Waals surface area (Å²) < 4.78 is 19.5. The minimum Gasteiger partial charge on any atom is -0.378 e. The zero-order valence-corrected chi connectivity index (χ0v) is 9.24. The quantitative estimate of drug-likeness (QED) is 0.399. The third kappa shape index (κ3) is 10.3. The molecule has 1 atom stereocenters. The molecule has 3 N–H and O–H groups in total. The van der Waals surface area contributed by atoms with Gasteiger partial charge >= 0.3 is 8.60 Å². The van der Waals surface area contributed by atoms with Crippen molar-refractivity contribution in [1.82, 2.24) is 0 Å². The number of rotatable bonds is 10. The highest BCUT2D eigenvalue weighted by Gasteiger charge is 2.01. The maximum Gasteiger partial charge on any atom is 0.329 e. The van der Waals surface area contributed by atoms with Crippen molar-refractivity contribution in [3.05, 3.63) is 0 Å². The van der Waals surface area contributed by atoms with Crippen LogP contribution >= 0.6 is 8.60 Å². The molecule has 0 aromatic heterocycles. The molecule has 0 saturated heterocycles. The Balaban J connectivity index is 2.92. The molecule has 0 aromatic rings. The van der Waals surface area contributed by atoms with Crippen LogP contribution in [0.15, 0.2) is 0 Å². The normalized spacial score (nSPS) is 13.1. The van der Waals surface area contributed by atoms with Gasteiger partial charge in [-0.3, -0.25) is 0 Å². The molecule has 14 heavy (non-hydrogen) atoms. The fraction of sp³-hybridized carbons (Fsp3) is 1.00. The van der Waals surface area contributed by atoms with Gasteiger partial charge in [-0.25, -0.2) is 0 Å². The molecule has 0 fully saturated rings. The molecule has 1 unspecified atom stereocenters. The van der Waals surface area contributed by atoms with Gasteiger partial charge in [0.2, 0.25) is 0 Å². The maximum absolute atomic E-state index is 8.86. The topological polar surface area (TPSA) is 83.2 Å². The predicted octanol–water partition coefficient (Wildman–Crippen LogP) is -0.139. The van der Waals surface area contributed by atoms with Crippen LogP contribution in [0.25, 0.3) is 0 Å². The molecule has 0 rings (SSSR count). The first-order valence-electron chi connectivity index (χ1n) is 4.33. The second-order valence-electron chi connectivity index (χ2n) is 2.27. The second-order valence-corrected chi connectivity index (χ2v) is 3.37. The number of hydrogen-bond acceptors (Lipinski definition) is 6. The minimum absolute atomic E-state index is 0.312. The van der Waals surface area contributed by atoms with Crippen molar-refractivity contribution < 1.29 is 23.4 Å². The Bertz CT molecular complexity index is 118. The highest BCUT2D eigenvalue weighted by atomic mass is 31.2. The SMILES string of the molecule is COP(O)OCCOCCOCCN. The first kappa shape index (κ1) is 14.2. The van der Waals surface area contributed by atoms with Crippen molar-refractivity contribution >= 4 is 8.60 Å². The Hall–Kier alpha value is 0.190. The van der Waals surface area contributed by atoms with Gasteiger partial charge in [0.1, 0.15) is 0 Å².